The summed E-state index contributed by atoms with van der Waals surface area (Å²) in [5.74, 6) is -0.287. The van der Waals surface area contributed by atoms with E-state index in [0.29, 0.717) is 17.3 Å². The van der Waals surface area contributed by atoms with Gasteiger partial charge in [-0.1, -0.05) is 19.8 Å². The van der Waals surface area contributed by atoms with Crippen LogP contribution in [0.2, 0.25) is 0 Å². The second-order valence-corrected chi connectivity index (χ2v) is 7.31. The number of H-pyrrole nitrogens is 1. The van der Waals surface area contributed by atoms with E-state index in [4.69, 9.17) is 10.2 Å². The molecule has 0 fully saturated rings. The zero-order chi connectivity index (χ0) is 24.9. The van der Waals surface area contributed by atoms with Gasteiger partial charge in [-0.2, -0.15) is 18.3 Å². The molecule has 4 aromatic rings. The molecule has 0 saturated heterocycles. The first-order valence-corrected chi connectivity index (χ1v) is 10.3. The van der Waals surface area contributed by atoms with Crippen molar-refractivity contribution < 1.29 is 22.0 Å². The molecule has 34 heavy (non-hydrogen) atoms. The quantitative estimate of drug-likeness (QED) is 0.324. The number of benzene rings is 1. The van der Waals surface area contributed by atoms with Gasteiger partial charge in [-0.25, -0.2) is 14.5 Å². The molecule has 0 saturated carbocycles. The van der Waals surface area contributed by atoms with Gasteiger partial charge in [0.25, 0.3) is 11.1 Å². The maximum Gasteiger partial charge on any atom is 0.423 e. The molecule has 0 amide bonds. The minimum Gasteiger partial charge on any atom is -0.444 e. The number of oxazole rings is 1. The van der Waals surface area contributed by atoms with E-state index in [0.717, 1.165) is 25.5 Å². The van der Waals surface area contributed by atoms with E-state index in [2.05, 4.69) is 17.0 Å². The Morgan fingerprint density at radius 1 is 1.21 bits per heavy atom. The Labute approximate surface area is 190 Å². The first-order valence-electron chi connectivity index (χ1n) is 10.3. The molecule has 0 atom stereocenters. The summed E-state index contributed by atoms with van der Waals surface area (Å²) in [6, 6.07) is 4.70. The summed E-state index contributed by atoms with van der Waals surface area (Å²) < 4.78 is 57.0. The molecule has 12 heteroatoms. The van der Waals surface area contributed by atoms with Crippen molar-refractivity contribution in [3.8, 4) is 11.5 Å². The van der Waals surface area contributed by atoms with Gasteiger partial charge in [-0.3, -0.25) is 9.59 Å². The number of fused-ring (bicyclic) bond motifs is 1. The van der Waals surface area contributed by atoms with Gasteiger partial charge in [-0.15, -0.1) is 0 Å². The number of hydrogen-bond acceptors (Lipinski definition) is 6. The Balaban J connectivity index is 0.000000229. The molecule has 0 aliphatic rings. The fraction of sp³-hybridized carbons (Fsp3) is 0.273. The first kappa shape index (κ1) is 24.7. The third kappa shape index (κ3) is 5.50. The number of nitrogens with two attached hydrogens (primary N) is 1. The number of nitrogen functional groups attached to an aromatic ring is 1. The maximum absolute atomic E-state index is 14.3. The van der Waals surface area contributed by atoms with Crippen molar-refractivity contribution in [1.29, 1.82) is 0 Å². The van der Waals surface area contributed by atoms with E-state index in [1.807, 2.05) is 6.07 Å². The molecule has 3 N–H and O–H groups in total. The molecule has 1 aromatic carbocycles. The Kier molecular flexibility index (Phi) is 7.49. The lowest BCUT2D eigenvalue weighted by molar-refractivity contribution is -0.138. The van der Waals surface area contributed by atoms with Crippen molar-refractivity contribution in [2.75, 3.05) is 5.73 Å². The Hall–Kier alpha value is -3.96. The van der Waals surface area contributed by atoms with Crippen molar-refractivity contribution in [3.05, 3.63) is 75.1 Å². The van der Waals surface area contributed by atoms with Crippen LogP contribution in [0.3, 0.4) is 0 Å². The van der Waals surface area contributed by atoms with Crippen molar-refractivity contribution in [2.24, 2.45) is 0 Å². The highest BCUT2D eigenvalue weighted by Crippen LogP contribution is 2.29. The van der Waals surface area contributed by atoms with Crippen LogP contribution in [0.5, 0.6) is 0 Å². The fourth-order valence-electron chi connectivity index (χ4n) is 3.24. The minimum atomic E-state index is -4.74. The SMILES string of the molecule is CCCCCn1ccc2cc(-c3ncco3)c(F)cc2c1=O.Nc1cn[nH]c(=O)c1C(F)(F)F. The average Bonchev–Trinajstić information content (AvgIpc) is 3.30. The van der Waals surface area contributed by atoms with Gasteiger partial charge >= 0.3 is 6.18 Å². The molecule has 0 spiro atoms. The highest BCUT2D eigenvalue weighted by molar-refractivity contribution is 5.85. The number of aromatic amines is 1. The van der Waals surface area contributed by atoms with Crippen molar-refractivity contribution in [3.63, 3.8) is 0 Å². The Morgan fingerprint density at radius 2 is 1.97 bits per heavy atom. The van der Waals surface area contributed by atoms with Crippen LogP contribution in [-0.2, 0) is 12.7 Å². The molecule has 0 aliphatic heterocycles. The van der Waals surface area contributed by atoms with Crippen LogP contribution in [0, 0.1) is 5.82 Å². The number of hydrogen-bond donors (Lipinski definition) is 2. The number of anilines is 1. The second kappa shape index (κ2) is 10.3. The van der Waals surface area contributed by atoms with E-state index in [9.17, 15) is 27.2 Å². The summed E-state index contributed by atoms with van der Waals surface area (Å²) in [6.45, 7) is 2.77. The molecule has 4 rings (SSSR count). The second-order valence-electron chi connectivity index (χ2n) is 7.31. The molecule has 0 aliphatic carbocycles. The fourth-order valence-corrected chi connectivity index (χ4v) is 3.24. The van der Waals surface area contributed by atoms with Crippen molar-refractivity contribution in [2.45, 2.75) is 38.9 Å². The highest BCUT2D eigenvalue weighted by atomic mass is 19.4. The molecule has 0 bridgehead atoms. The van der Waals surface area contributed by atoms with Crippen molar-refractivity contribution in [1.82, 2.24) is 19.7 Å². The van der Waals surface area contributed by atoms with E-state index in [1.165, 1.54) is 18.5 Å². The zero-order valence-corrected chi connectivity index (χ0v) is 18.0. The van der Waals surface area contributed by atoms with Crippen molar-refractivity contribution >= 4 is 16.5 Å². The van der Waals surface area contributed by atoms with Gasteiger partial charge in [-0.05, 0) is 30.0 Å². The average molecular weight is 479 g/mol. The van der Waals surface area contributed by atoms with Crippen LogP contribution in [0.25, 0.3) is 22.2 Å². The number of alkyl halides is 3. The largest absolute Gasteiger partial charge is 0.444 e. The maximum atomic E-state index is 14.3. The summed E-state index contributed by atoms with van der Waals surface area (Å²) in [6.07, 6.45) is 3.73. The number of unbranched alkanes of at least 4 members (excludes halogenated alkanes) is 2. The van der Waals surface area contributed by atoms with Crippen LogP contribution < -0.4 is 16.9 Å². The van der Waals surface area contributed by atoms with Gasteiger partial charge in [0.2, 0.25) is 5.89 Å². The standard InChI is InChI=1S/C17H17FN2O2.C5H4F3N3O/c1-2-3-4-7-20-8-5-12-10-14(16-19-6-9-22-16)15(18)11-13(12)17(20)21;6-5(7,8)3-2(9)1-10-11-4(3)12/h5-6,8-11H,2-4,7H2,1H3;1H,(H3,9,11,12). The zero-order valence-electron chi connectivity index (χ0n) is 18.0. The number of pyridine rings is 1. The lowest BCUT2D eigenvalue weighted by Gasteiger charge is -2.08. The molecule has 180 valence electrons. The van der Waals surface area contributed by atoms with Crippen LogP contribution in [0.15, 0.2) is 57.1 Å². The van der Waals surface area contributed by atoms with E-state index >= 15 is 0 Å². The smallest absolute Gasteiger partial charge is 0.423 e. The van der Waals surface area contributed by atoms with Gasteiger partial charge in [0.15, 0.2) is 0 Å². The van der Waals surface area contributed by atoms with E-state index in [-0.39, 0.29) is 17.0 Å². The lowest BCUT2D eigenvalue weighted by atomic mass is 10.1. The summed E-state index contributed by atoms with van der Waals surface area (Å²) in [7, 11) is 0. The molecular weight excluding hydrogens is 458 g/mol. The summed E-state index contributed by atoms with van der Waals surface area (Å²) >= 11 is 0. The van der Waals surface area contributed by atoms with Crippen LogP contribution in [0.4, 0.5) is 23.2 Å². The van der Waals surface area contributed by atoms with Crippen LogP contribution >= 0.6 is 0 Å². The van der Waals surface area contributed by atoms with E-state index < -0.39 is 28.8 Å². The Bertz CT molecular complexity index is 1380. The number of aromatic nitrogens is 4. The van der Waals surface area contributed by atoms with Gasteiger partial charge in [0.05, 0.1) is 29.0 Å². The molecule has 3 heterocycles. The highest BCUT2D eigenvalue weighted by Gasteiger charge is 2.36. The molecule has 0 unspecified atom stereocenters. The van der Waals surface area contributed by atoms with Gasteiger partial charge in [0, 0.05) is 12.7 Å². The predicted octanol–water partition coefficient (Wildman–Crippen LogP) is 4.36. The molecular formula is C22H21F4N5O3. The third-order valence-electron chi connectivity index (χ3n) is 4.90. The van der Waals surface area contributed by atoms with Gasteiger partial charge in [0.1, 0.15) is 17.6 Å². The van der Waals surface area contributed by atoms with Gasteiger partial charge < -0.3 is 14.7 Å². The molecule has 3 aromatic heterocycles. The monoisotopic (exact) mass is 479 g/mol. The summed E-state index contributed by atoms with van der Waals surface area (Å²) in [5, 5.41) is 5.80. The summed E-state index contributed by atoms with van der Waals surface area (Å²) in [5.41, 5.74) is 1.60. The number of rotatable bonds is 5. The molecule has 8 nitrogen and oxygen atoms in total. The van der Waals surface area contributed by atoms with Crippen LogP contribution in [0.1, 0.15) is 31.7 Å². The number of nitrogens with one attached hydrogen (secondary N) is 1. The number of halogens is 4. The first-order chi connectivity index (χ1) is 16.1. The predicted molar refractivity (Wildman–Crippen MR) is 117 cm³/mol. The summed E-state index contributed by atoms with van der Waals surface area (Å²) in [4.78, 5) is 27.0. The Morgan fingerprint density at radius 3 is 2.56 bits per heavy atom. The third-order valence-corrected chi connectivity index (χ3v) is 4.90. The normalized spacial score (nSPS) is 11.3. The van der Waals surface area contributed by atoms with Crippen LogP contribution in [-0.4, -0.2) is 19.7 Å². The molecule has 0 radical (unpaired) electrons. The number of aryl methyl sites for hydroxylation is 1. The van der Waals surface area contributed by atoms with E-state index in [1.54, 1.807) is 21.9 Å². The minimum absolute atomic E-state index is 0.161. The topological polar surface area (TPSA) is 120 Å². The number of nitrogens with zero attached hydrogens (tertiary/aromatic N) is 3. The lowest BCUT2D eigenvalue weighted by Crippen LogP contribution is -2.24.